The van der Waals surface area contributed by atoms with Crippen LogP contribution >= 0.6 is 0 Å². The number of hydrogen-bond donors (Lipinski definition) is 4. The molecule has 2 aromatic rings. The highest BCUT2D eigenvalue weighted by Crippen LogP contribution is 2.23. The zero-order valence-corrected chi connectivity index (χ0v) is 22.1. The second-order valence-electron chi connectivity index (χ2n) is 10.1. The van der Waals surface area contributed by atoms with E-state index in [0.29, 0.717) is 11.4 Å². The Balaban J connectivity index is 1.34. The minimum atomic E-state index is -1.30. The molecule has 4 amide bonds. The van der Waals surface area contributed by atoms with Crippen molar-refractivity contribution in [1.82, 2.24) is 29.6 Å². The first-order valence-corrected chi connectivity index (χ1v) is 12.9. The van der Waals surface area contributed by atoms with E-state index >= 15 is 0 Å². The van der Waals surface area contributed by atoms with E-state index in [1.165, 1.54) is 0 Å². The Labute approximate surface area is 229 Å². The summed E-state index contributed by atoms with van der Waals surface area (Å²) in [6.07, 6.45) is 2.96. The smallest absolute Gasteiger partial charge is 0.328 e. The van der Waals surface area contributed by atoms with Crippen LogP contribution in [0.15, 0.2) is 36.7 Å². The van der Waals surface area contributed by atoms with E-state index < -0.39 is 59.7 Å². The molecule has 2 saturated heterocycles. The molecule has 0 spiro atoms. The van der Waals surface area contributed by atoms with Gasteiger partial charge in [-0.2, -0.15) is 0 Å². The van der Waals surface area contributed by atoms with Crippen LogP contribution in [0, 0.1) is 0 Å². The monoisotopic (exact) mass is 556 g/mol. The topological polar surface area (TPSA) is 183 Å². The first-order valence-electron chi connectivity index (χ1n) is 12.9. The lowest BCUT2D eigenvalue weighted by atomic mass is 10.1. The number of carboxylic acid groups (broad SMARTS) is 2. The van der Waals surface area contributed by atoms with Crippen molar-refractivity contribution in [2.75, 3.05) is 13.1 Å². The van der Waals surface area contributed by atoms with Crippen molar-refractivity contribution in [3.05, 3.63) is 48.0 Å². The van der Waals surface area contributed by atoms with E-state index in [0.717, 1.165) is 9.80 Å². The van der Waals surface area contributed by atoms with Crippen LogP contribution in [-0.4, -0.2) is 102 Å². The summed E-state index contributed by atoms with van der Waals surface area (Å²) in [7, 11) is 3.38. The van der Waals surface area contributed by atoms with E-state index in [1.807, 2.05) is 0 Å². The normalized spacial score (nSPS) is 22.2. The van der Waals surface area contributed by atoms with Gasteiger partial charge in [0.15, 0.2) is 0 Å². The Hall–Kier alpha value is -4.62. The maximum absolute atomic E-state index is 13.0. The predicted molar refractivity (Wildman–Crippen MR) is 138 cm³/mol. The molecule has 0 bridgehead atoms. The molecule has 0 saturated carbocycles. The summed E-state index contributed by atoms with van der Waals surface area (Å²) in [6.45, 7) is 0.0473. The standard InChI is InChI=1S/C26H32N6O8/c1-29-10-3-5-17(29)23(35)27-15-13-19(25(37)38)32(14-15)21(34)8-7-20(33)31-12-9-16(22(31)26(39)40)28-24(36)18-6-4-11-30(18)2/h3-6,10-11,15-16,19,22H,7-9,12-14H2,1-2H3,(H,27,35)(H,28,36)(H,37,38)(H,39,40). The van der Waals surface area contributed by atoms with Gasteiger partial charge in [0.1, 0.15) is 23.5 Å². The second kappa shape index (κ2) is 11.6. The van der Waals surface area contributed by atoms with Crippen LogP contribution in [0.4, 0.5) is 0 Å². The average molecular weight is 557 g/mol. The van der Waals surface area contributed by atoms with Crippen LogP contribution < -0.4 is 10.6 Å². The van der Waals surface area contributed by atoms with Gasteiger partial charge in [0.05, 0.1) is 6.04 Å². The molecule has 0 aromatic carbocycles. The number of hydrogen-bond acceptors (Lipinski definition) is 6. The number of aliphatic carboxylic acids is 2. The Bertz CT molecular complexity index is 1320. The molecule has 2 fully saturated rings. The highest BCUT2D eigenvalue weighted by atomic mass is 16.4. The molecule has 2 aromatic heterocycles. The number of carbonyl (C=O) groups excluding carboxylic acids is 4. The Morgan fingerprint density at radius 3 is 1.88 bits per heavy atom. The lowest BCUT2D eigenvalue weighted by Crippen LogP contribution is -2.51. The molecular formula is C26H32N6O8. The molecule has 4 unspecified atom stereocenters. The minimum Gasteiger partial charge on any atom is -0.480 e. The van der Waals surface area contributed by atoms with Gasteiger partial charge < -0.3 is 39.8 Å². The van der Waals surface area contributed by atoms with Crippen LogP contribution in [0.25, 0.3) is 0 Å². The molecule has 4 rings (SSSR count). The van der Waals surface area contributed by atoms with Crippen LogP contribution in [0.1, 0.15) is 46.7 Å². The molecule has 214 valence electrons. The molecule has 2 aliphatic rings. The van der Waals surface area contributed by atoms with Crippen molar-refractivity contribution in [1.29, 1.82) is 0 Å². The van der Waals surface area contributed by atoms with Gasteiger partial charge in [-0.25, -0.2) is 9.59 Å². The highest BCUT2D eigenvalue weighted by molar-refractivity contribution is 5.95. The van der Waals surface area contributed by atoms with E-state index in [-0.39, 0.29) is 38.8 Å². The third-order valence-corrected chi connectivity index (χ3v) is 7.43. The van der Waals surface area contributed by atoms with Gasteiger partial charge in [-0.05, 0) is 30.7 Å². The van der Waals surface area contributed by atoms with Crippen molar-refractivity contribution < 1.29 is 39.0 Å². The summed E-state index contributed by atoms with van der Waals surface area (Å²) in [4.78, 5) is 77.2. The number of aromatic nitrogens is 2. The lowest BCUT2D eigenvalue weighted by molar-refractivity contribution is -0.150. The molecule has 14 heteroatoms. The van der Waals surface area contributed by atoms with Gasteiger partial charge >= 0.3 is 11.9 Å². The van der Waals surface area contributed by atoms with Crippen LogP contribution in [0.3, 0.4) is 0 Å². The number of carbonyl (C=O) groups is 6. The molecule has 0 aliphatic carbocycles. The summed E-state index contributed by atoms with van der Waals surface area (Å²) in [6, 6.07) is 2.71. The van der Waals surface area contributed by atoms with Gasteiger partial charge in [-0.1, -0.05) is 0 Å². The van der Waals surface area contributed by atoms with Crippen LogP contribution in [0.2, 0.25) is 0 Å². The fourth-order valence-electron chi connectivity index (χ4n) is 5.38. The number of nitrogens with one attached hydrogen (secondary N) is 2. The Morgan fingerprint density at radius 2 is 1.38 bits per heavy atom. The first-order chi connectivity index (χ1) is 19.0. The summed E-state index contributed by atoms with van der Waals surface area (Å²) in [5.41, 5.74) is 0.732. The van der Waals surface area contributed by atoms with Crippen molar-refractivity contribution in [2.45, 2.75) is 49.9 Å². The lowest BCUT2D eigenvalue weighted by Gasteiger charge is -2.26. The van der Waals surface area contributed by atoms with Crippen LogP contribution in [-0.2, 0) is 33.3 Å². The Kier molecular flexibility index (Phi) is 8.26. The van der Waals surface area contributed by atoms with E-state index in [2.05, 4.69) is 10.6 Å². The van der Waals surface area contributed by atoms with Crippen molar-refractivity contribution in [3.63, 3.8) is 0 Å². The summed E-state index contributed by atoms with van der Waals surface area (Å²) in [5, 5.41) is 24.9. The molecule has 4 atom stereocenters. The zero-order chi connectivity index (χ0) is 29.1. The number of nitrogens with zero attached hydrogens (tertiary/aromatic N) is 4. The van der Waals surface area contributed by atoms with E-state index in [4.69, 9.17) is 0 Å². The summed E-state index contributed by atoms with van der Waals surface area (Å²) in [5.74, 6) is -4.54. The highest BCUT2D eigenvalue weighted by Gasteiger charge is 2.44. The molecule has 4 heterocycles. The predicted octanol–water partition coefficient (Wildman–Crippen LogP) is -0.588. The first kappa shape index (κ1) is 28.4. The third-order valence-electron chi connectivity index (χ3n) is 7.43. The van der Waals surface area contributed by atoms with E-state index in [1.54, 1.807) is 59.9 Å². The van der Waals surface area contributed by atoms with Gasteiger partial charge in [0, 0.05) is 64.9 Å². The fraction of sp³-hybridized carbons (Fsp3) is 0.462. The molecule has 4 N–H and O–H groups in total. The maximum atomic E-state index is 13.0. The van der Waals surface area contributed by atoms with E-state index in [9.17, 15) is 39.0 Å². The van der Waals surface area contributed by atoms with Crippen molar-refractivity contribution in [3.8, 4) is 0 Å². The molecular weight excluding hydrogens is 524 g/mol. The number of rotatable bonds is 9. The number of aryl methyl sites for hydroxylation is 2. The average Bonchev–Trinajstić information content (AvgIpc) is 3.68. The number of likely N-dealkylation sites (tertiary alicyclic amines) is 2. The van der Waals surface area contributed by atoms with Gasteiger partial charge in [0.2, 0.25) is 11.8 Å². The van der Waals surface area contributed by atoms with Gasteiger partial charge in [-0.3, -0.25) is 19.2 Å². The quantitative estimate of drug-likeness (QED) is 0.316. The third kappa shape index (κ3) is 5.84. The fourth-order valence-corrected chi connectivity index (χ4v) is 5.38. The molecule has 40 heavy (non-hydrogen) atoms. The summed E-state index contributed by atoms with van der Waals surface area (Å²) >= 11 is 0. The van der Waals surface area contributed by atoms with Crippen LogP contribution in [0.5, 0.6) is 0 Å². The Morgan fingerprint density at radius 1 is 0.825 bits per heavy atom. The number of carboxylic acids is 2. The molecule has 2 aliphatic heterocycles. The maximum Gasteiger partial charge on any atom is 0.328 e. The minimum absolute atomic E-state index is 0.0148. The zero-order valence-electron chi connectivity index (χ0n) is 22.1. The largest absolute Gasteiger partial charge is 0.480 e. The number of amides is 4. The van der Waals surface area contributed by atoms with Crippen molar-refractivity contribution in [2.24, 2.45) is 14.1 Å². The SMILES string of the molecule is Cn1cccc1C(=O)NC1CC(C(=O)O)N(C(=O)CCC(=O)N2CCC(NC(=O)c3cccn3C)C2C(=O)O)C1. The van der Waals surface area contributed by atoms with Gasteiger partial charge in [0.25, 0.3) is 11.8 Å². The second-order valence-corrected chi connectivity index (χ2v) is 10.1. The van der Waals surface area contributed by atoms with Gasteiger partial charge in [-0.15, -0.1) is 0 Å². The molecule has 0 radical (unpaired) electrons. The summed E-state index contributed by atoms with van der Waals surface area (Å²) < 4.78 is 3.21. The molecule has 14 nitrogen and oxygen atoms in total. The van der Waals surface area contributed by atoms with Crippen molar-refractivity contribution >= 4 is 35.6 Å².